The number of alkyl halides is 4. The van der Waals surface area contributed by atoms with Crippen molar-refractivity contribution in [2.24, 2.45) is 5.92 Å². The van der Waals surface area contributed by atoms with Gasteiger partial charge in [-0.3, -0.25) is 9.48 Å². The zero-order valence-electron chi connectivity index (χ0n) is 26.4. The van der Waals surface area contributed by atoms with Gasteiger partial charge in [-0.2, -0.15) is 18.3 Å². The van der Waals surface area contributed by atoms with E-state index in [2.05, 4.69) is 15.1 Å². The summed E-state index contributed by atoms with van der Waals surface area (Å²) in [6, 6.07) is 4.26. The van der Waals surface area contributed by atoms with Crippen LogP contribution in [0.4, 0.5) is 17.6 Å². The first-order chi connectivity index (χ1) is 22.2. The number of amides is 1. The molecule has 0 aliphatic carbocycles. The number of hydrogen-bond acceptors (Lipinski definition) is 7. The van der Waals surface area contributed by atoms with Crippen LogP contribution in [-0.4, -0.2) is 112 Å². The molecule has 1 atom stereocenters. The van der Waals surface area contributed by atoms with Crippen molar-refractivity contribution in [3.63, 3.8) is 0 Å². The summed E-state index contributed by atoms with van der Waals surface area (Å²) in [5, 5.41) is 19.4. The number of β-amino-alcohol motifs (C(OH)–C–C–N with tert-alkyl or cyclic N) is 1. The number of likely N-dealkylation sites (tertiary alicyclic amines) is 3. The maximum absolute atomic E-state index is 14.0. The Labute approximate surface area is 272 Å². The predicted molar refractivity (Wildman–Crippen MR) is 170 cm³/mol. The average molecular weight is 667 g/mol. The quantitative estimate of drug-likeness (QED) is 0.287. The number of nitrogens with one attached hydrogen (secondary N) is 1. The highest BCUT2D eigenvalue weighted by Crippen LogP contribution is 2.40. The molecule has 254 valence electrons. The summed E-state index contributed by atoms with van der Waals surface area (Å²) in [7, 11) is 0. The summed E-state index contributed by atoms with van der Waals surface area (Å²) in [4.78, 5) is 19.3. The molecule has 46 heavy (non-hydrogen) atoms. The third-order valence-corrected chi connectivity index (χ3v) is 11.0. The molecule has 4 aliphatic rings. The van der Waals surface area contributed by atoms with Gasteiger partial charge in [0.1, 0.15) is 6.17 Å². The Kier molecular flexibility index (Phi) is 10.9. The van der Waals surface area contributed by atoms with E-state index in [1.807, 2.05) is 9.58 Å². The van der Waals surface area contributed by atoms with Crippen molar-refractivity contribution in [3.05, 3.63) is 35.0 Å². The van der Waals surface area contributed by atoms with Crippen LogP contribution in [0.15, 0.2) is 23.1 Å². The normalized spacial score (nSPS) is 21.5. The Morgan fingerprint density at radius 2 is 1.74 bits per heavy atom. The molecular formula is C33H46F4N6O2S. The number of carbonyl (C=O) groups excluding carboxylic acids is 1. The zero-order chi connectivity index (χ0) is 32.3. The van der Waals surface area contributed by atoms with Crippen molar-refractivity contribution in [2.45, 2.75) is 81.4 Å². The number of rotatable bonds is 10. The van der Waals surface area contributed by atoms with Crippen molar-refractivity contribution in [1.29, 1.82) is 0 Å². The maximum Gasteiger partial charge on any atom is 0.417 e. The number of aromatic nitrogens is 2. The fraction of sp³-hybridized carbons (Fsp3) is 0.697. The molecule has 2 N–H and O–H groups in total. The number of piperidine rings is 2. The van der Waals surface area contributed by atoms with Crippen molar-refractivity contribution < 1.29 is 27.5 Å². The van der Waals surface area contributed by atoms with E-state index in [9.17, 15) is 27.5 Å². The summed E-state index contributed by atoms with van der Waals surface area (Å²) in [6.45, 7) is 7.27. The smallest absolute Gasteiger partial charge is 0.390 e. The molecule has 0 spiro atoms. The Hall–Kier alpha value is -2.19. The fourth-order valence-electron chi connectivity index (χ4n) is 7.35. The second-order valence-corrected chi connectivity index (χ2v) is 14.4. The molecule has 0 bridgehead atoms. The Morgan fingerprint density at radius 1 is 1.02 bits per heavy atom. The molecule has 5 heterocycles. The van der Waals surface area contributed by atoms with Crippen LogP contribution in [0.1, 0.15) is 55.3 Å². The van der Waals surface area contributed by atoms with Gasteiger partial charge in [-0.1, -0.05) is 6.07 Å². The molecule has 8 nitrogen and oxygen atoms in total. The molecule has 3 saturated heterocycles. The van der Waals surface area contributed by atoms with Gasteiger partial charge >= 0.3 is 6.18 Å². The van der Waals surface area contributed by atoms with E-state index in [0.717, 1.165) is 82.2 Å². The lowest BCUT2D eigenvalue weighted by Gasteiger charge is -2.34. The standard InChI is InChI=1S/C33H46F4N6O2S/c34-25-8-15-40(16-9-25)17-18-46-30-19-24(3-4-28(30)33(35,36)37)31-27-20-38-10-5-29(27)43(39-31)22-26(44)21-41-13-6-23(7-14-41)32(45)42-11-1-2-12-42/h3-4,19,23,25-26,38,44H,1-2,5-18,20-22H2. The molecule has 0 radical (unpaired) electrons. The lowest BCUT2D eigenvalue weighted by atomic mass is 9.95. The second-order valence-electron chi connectivity index (χ2n) is 13.2. The number of aliphatic hydroxyl groups is 1. The van der Waals surface area contributed by atoms with Gasteiger partial charge in [0, 0.05) is 92.2 Å². The second kappa shape index (κ2) is 14.9. The molecule has 2 aromatic rings. The van der Waals surface area contributed by atoms with Crippen molar-refractivity contribution in [3.8, 4) is 11.3 Å². The van der Waals surface area contributed by atoms with Gasteiger partial charge in [0.2, 0.25) is 5.91 Å². The van der Waals surface area contributed by atoms with E-state index >= 15 is 0 Å². The highest BCUT2D eigenvalue weighted by atomic mass is 32.2. The molecule has 6 rings (SSSR count). The number of nitrogens with zero attached hydrogens (tertiary/aromatic N) is 5. The van der Waals surface area contributed by atoms with Crippen LogP contribution in [0.5, 0.6) is 0 Å². The average Bonchev–Trinajstić information content (AvgIpc) is 3.71. The van der Waals surface area contributed by atoms with E-state index in [0.29, 0.717) is 69.1 Å². The van der Waals surface area contributed by atoms with Crippen molar-refractivity contribution in [1.82, 2.24) is 29.8 Å². The van der Waals surface area contributed by atoms with E-state index in [4.69, 9.17) is 5.10 Å². The van der Waals surface area contributed by atoms with Crippen LogP contribution < -0.4 is 5.32 Å². The monoisotopic (exact) mass is 666 g/mol. The minimum Gasteiger partial charge on any atom is -0.390 e. The lowest BCUT2D eigenvalue weighted by molar-refractivity contribution is -0.139. The molecule has 13 heteroatoms. The first-order valence-corrected chi connectivity index (χ1v) is 17.8. The first-order valence-electron chi connectivity index (χ1n) is 16.8. The van der Waals surface area contributed by atoms with Crippen LogP contribution in [0.2, 0.25) is 0 Å². The maximum atomic E-state index is 14.0. The summed E-state index contributed by atoms with van der Waals surface area (Å²) in [5.41, 5.74) is 2.59. The highest BCUT2D eigenvalue weighted by Gasteiger charge is 2.35. The molecule has 1 unspecified atom stereocenters. The van der Waals surface area contributed by atoms with Crippen LogP contribution in [0.25, 0.3) is 11.3 Å². The number of fused-ring (bicyclic) bond motifs is 1. The minimum atomic E-state index is -4.48. The van der Waals surface area contributed by atoms with Crippen molar-refractivity contribution in [2.75, 3.05) is 64.7 Å². The number of carbonyl (C=O) groups is 1. The number of halogens is 4. The predicted octanol–water partition coefficient (Wildman–Crippen LogP) is 4.44. The van der Waals surface area contributed by atoms with E-state index in [1.165, 1.54) is 17.8 Å². The molecule has 1 aromatic carbocycles. The summed E-state index contributed by atoms with van der Waals surface area (Å²) >= 11 is 1.19. The van der Waals surface area contributed by atoms with Gasteiger partial charge in [-0.25, -0.2) is 4.39 Å². The van der Waals surface area contributed by atoms with Crippen LogP contribution in [0.3, 0.4) is 0 Å². The third-order valence-electron chi connectivity index (χ3n) is 9.96. The molecule has 1 aromatic heterocycles. The highest BCUT2D eigenvalue weighted by molar-refractivity contribution is 7.99. The SMILES string of the molecule is O=C(C1CCN(CC(O)Cn2nc(-c3ccc(C(F)(F)F)c(SCCN4CCC(F)CC4)c3)c3c2CCNC3)CC1)N1CCCC1. The molecule has 3 fully saturated rings. The lowest BCUT2D eigenvalue weighted by Crippen LogP contribution is -2.44. The van der Waals surface area contributed by atoms with Crippen LogP contribution in [-0.2, 0) is 30.5 Å². The van der Waals surface area contributed by atoms with Gasteiger partial charge < -0.3 is 25.1 Å². The van der Waals surface area contributed by atoms with Gasteiger partial charge in [-0.05, 0) is 63.7 Å². The zero-order valence-corrected chi connectivity index (χ0v) is 27.2. The Morgan fingerprint density at radius 3 is 2.46 bits per heavy atom. The summed E-state index contributed by atoms with van der Waals surface area (Å²) in [6.07, 6.45) is -0.470. The number of thioether (sulfide) groups is 1. The molecule has 4 aliphatic heterocycles. The van der Waals surface area contributed by atoms with E-state index in [-0.39, 0.29) is 16.7 Å². The van der Waals surface area contributed by atoms with Gasteiger partial charge in [0.05, 0.1) is 23.9 Å². The van der Waals surface area contributed by atoms with Crippen LogP contribution in [0, 0.1) is 5.92 Å². The molecular weight excluding hydrogens is 620 g/mol. The first kappa shape index (κ1) is 33.7. The summed E-state index contributed by atoms with van der Waals surface area (Å²) < 4.78 is 57.4. The number of benzene rings is 1. The largest absolute Gasteiger partial charge is 0.417 e. The number of aliphatic hydroxyl groups excluding tert-OH is 1. The van der Waals surface area contributed by atoms with Gasteiger partial charge in [0.25, 0.3) is 0 Å². The van der Waals surface area contributed by atoms with E-state index in [1.54, 1.807) is 6.07 Å². The van der Waals surface area contributed by atoms with Gasteiger partial charge in [0.15, 0.2) is 0 Å². The summed E-state index contributed by atoms with van der Waals surface area (Å²) in [5.74, 6) is 0.832. The fourth-order valence-corrected chi connectivity index (χ4v) is 8.47. The third kappa shape index (κ3) is 8.08. The Bertz CT molecular complexity index is 1330. The molecule has 0 saturated carbocycles. The Balaban J connectivity index is 1.12. The van der Waals surface area contributed by atoms with Gasteiger partial charge in [-0.15, -0.1) is 11.8 Å². The minimum absolute atomic E-state index is 0.0698. The topological polar surface area (TPSA) is 76.9 Å². The molecule has 1 amide bonds. The van der Waals surface area contributed by atoms with Crippen LogP contribution >= 0.6 is 11.8 Å². The number of hydrogen-bond donors (Lipinski definition) is 2. The van der Waals surface area contributed by atoms with Crippen molar-refractivity contribution >= 4 is 17.7 Å². The van der Waals surface area contributed by atoms with E-state index < -0.39 is 24.0 Å².